The van der Waals surface area contributed by atoms with Crippen LogP contribution in [0.15, 0.2) is 18.2 Å². The van der Waals surface area contributed by atoms with Gasteiger partial charge in [0.15, 0.2) is 13.2 Å². The topological polar surface area (TPSA) is 78.6 Å². The molecule has 0 aliphatic heterocycles. The summed E-state index contributed by atoms with van der Waals surface area (Å²) in [6, 6.07) is 5.19. The number of halogens is 1. The first-order valence-corrected chi connectivity index (χ1v) is 5.19. The van der Waals surface area contributed by atoms with E-state index in [9.17, 15) is 9.59 Å². The van der Waals surface area contributed by atoms with Crippen LogP contribution in [0.3, 0.4) is 0 Å². The summed E-state index contributed by atoms with van der Waals surface area (Å²) >= 11 is 5.86. The van der Waals surface area contributed by atoms with Gasteiger partial charge in [0.2, 0.25) is 0 Å². The van der Waals surface area contributed by atoms with Crippen LogP contribution in [0.2, 0.25) is 5.02 Å². The summed E-state index contributed by atoms with van der Waals surface area (Å²) in [4.78, 5) is 21.5. The highest BCUT2D eigenvalue weighted by Gasteiger charge is 2.08. The number of nitrogens with two attached hydrogens (primary N) is 1. The van der Waals surface area contributed by atoms with E-state index in [0.717, 1.165) is 5.56 Å². The molecular weight excluding hydrogens is 246 g/mol. The first-order chi connectivity index (χ1) is 7.99. The smallest absolute Gasteiger partial charge is 0.344 e. The third kappa shape index (κ3) is 4.74. The molecule has 17 heavy (non-hydrogen) atoms. The summed E-state index contributed by atoms with van der Waals surface area (Å²) in [7, 11) is 0. The molecule has 0 atom stereocenters. The van der Waals surface area contributed by atoms with Crippen molar-refractivity contribution in [1.29, 1.82) is 0 Å². The Morgan fingerprint density at radius 1 is 1.35 bits per heavy atom. The largest absolute Gasteiger partial charge is 0.480 e. The minimum atomic E-state index is -0.716. The Morgan fingerprint density at radius 3 is 2.71 bits per heavy atom. The molecule has 5 nitrogen and oxygen atoms in total. The molecule has 0 aliphatic carbocycles. The number of amides is 1. The molecule has 0 saturated heterocycles. The normalized spacial score (nSPS) is 9.76. The zero-order valence-electron chi connectivity index (χ0n) is 9.23. The van der Waals surface area contributed by atoms with Crippen LogP contribution in [-0.2, 0) is 14.3 Å². The molecule has 0 radical (unpaired) electrons. The third-order valence-corrected chi connectivity index (χ3v) is 2.12. The van der Waals surface area contributed by atoms with E-state index < -0.39 is 18.5 Å². The molecule has 0 spiro atoms. The fourth-order valence-corrected chi connectivity index (χ4v) is 1.22. The molecule has 6 heteroatoms. The number of hydrogen-bond donors (Lipinski definition) is 1. The third-order valence-electron chi connectivity index (χ3n) is 1.81. The minimum absolute atomic E-state index is 0.323. The molecule has 0 unspecified atom stereocenters. The summed E-state index contributed by atoms with van der Waals surface area (Å²) in [5, 5.41) is 0.401. The van der Waals surface area contributed by atoms with Gasteiger partial charge in [-0.3, -0.25) is 4.79 Å². The van der Waals surface area contributed by atoms with E-state index in [1.807, 2.05) is 13.0 Å². The maximum Gasteiger partial charge on any atom is 0.344 e. The van der Waals surface area contributed by atoms with Gasteiger partial charge in [-0.25, -0.2) is 4.79 Å². The van der Waals surface area contributed by atoms with Crippen molar-refractivity contribution in [2.24, 2.45) is 5.73 Å². The van der Waals surface area contributed by atoms with Crippen molar-refractivity contribution in [2.75, 3.05) is 13.2 Å². The zero-order valence-corrected chi connectivity index (χ0v) is 9.99. The van der Waals surface area contributed by atoms with Gasteiger partial charge in [-0.1, -0.05) is 17.7 Å². The van der Waals surface area contributed by atoms with E-state index in [2.05, 4.69) is 4.74 Å². The van der Waals surface area contributed by atoms with Gasteiger partial charge in [0, 0.05) is 0 Å². The lowest BCUT2D eigenvalue weighted by Gasteiger charge is -2.08. The SMILES string of the molecule is Cc1ccc(Cl)c(OCC(=O)OCC(N)=O)c1. The lowest BCUT2D eigenvalue weighted by molar-refractivity contribution is -0.149. The van der Waals surface area contributed by atoms with Crippen LogP contribution in [0.5, 0.6) is 5.75 Å². The summed E-state index contributed by atoms with van der Waals surface area (Å²) < 4.78 is 9.67. The van der Waals surface area contributed by atoms with Gasteiger partial charge in [0.05, 0.1) is 5.02 Å². The van der Waals surface area contributed by atoms with Crippen LogP contribution < -0.4 is 10.5 Å². The van der Waals surface area contributed by atoms with Crippen molar-refractivity contribution in [3.8, 4) is 5.75 Å². The molecule has 2 N–H and O–H groups in total. The van der Waals surface area contributed by atoms with Crippen molar-refractivity contribution in [3.63, 3.8) is 0 Å². The van der Waals surface area contributed by atoms with Gasteiger partial charge in [-0.05, 0) is 24.6 Å². The average Bonchev–Trinajstić information content (AvgIpc) is 2.27. The highest BCUT2D eigenvalue weighted by atomic mass is 35.5. The number of rotatable bonds is 5. The van der Waals surface area contributed by atoms with Crippen molar-refractivity contribution in [3.05, 3.63) is 28.8 Å². The number of primary amides is 1. The van der Waals surface area contributed by atoms with Crippen molar-refractivity contribution < 1.29 is 19.1 Å². The van der Waals surface area contributed by atoms with Crippen LogP contribution in [0.4, 0.5) is 0 Å². The summed E-state index contributed by atoms with van der Waals surface area (Å²) in [5.74, 6) is -1.00. The molecule has 0 fully saturated rings. The molecule has 1 aromatic carbocycles. The van der Waals surface area contributed by atoms with E-state index in [0.29, 0.717) is 10.8 Å². The maximum absolute atomic E-state index is 11.1. The molecule has 92 valence electrons. The monoisotopic (exact) mass is 257 g/mol. The summed E-state index contributed by atoms with van der Waals surface area (Å²) in [5.41, 5.74) is 5.77. The Balaban J connectivity index is 2.47. The van der Waals surface area contributed by atoms with Gasteiger partial charge in [0.1, 0.15) is 5.75 Å². The lowest BCUT2D eigenvalue weighted by atomic mass is 10.2. The first kappa shape index (κ1) is 13.3. The van der Waals surface area contributed by atoms with Gasteiger partial charge in [-0.2, -0.15) is 0 Å². The molecule has 1 aromatic rings. The van der Waals surface area contributed by atoms with Gasteiger partial charge in [-0.15, -0.1) is 0 Å². The molecule has 0 aliphatic rings. The summed E-state index contributed by atoms with van der Waals surface area (Å²) in [6.45, 7) is 1.09. The number of carbonyl (C=O) groups is 2. The molecule has 0 bridgehead atoms. The fraction of sp³-hybridized carbons (Fsp3) is 0.273. The van der Waals surface area contributed by atoms with E-state index in [1.54, 1.807) is 12.1 Å². The van der Waals surface area contributed by atoms with E-state index in [-0.39, 0.29) is 6.61 Å². The van der Waals surface area contributed by atoms with Crippen LogP contribution in [-0.4, -0.2) is 25.1 Å². The standard InChI is InChI=1S/C11H12ClNO4/c1-7-2-3-8(12)9(4-7)16-6-11(15)17-5-10(13)14/h2-4H,5-6H2,1H3,(H2,13,14). The van der Waals surface area contributed by atoms with E-state index in [4.69, 9.17) is 22.1 Å². The average molecular weight is 258 g/mol. The van der Waals surface area contributed by atoms with Crippen molar-refractivity contribution in [2.45, 2.75) is 6.92 Å². The second kappa shape index (κ2) is 6.10. The molecule has 1 amide bonds. The number of carbonyl (C=O) groups excluding carboxylic acids is 2. The van der Waals surface area contributed by atoms with Crippen molar-refractivity contribution >= 4 is 23.5 Å². The highest BCUT2D eigenvalue weighted by Crippen LogP contribution is 2.25. The van der Waals surface area contributed by atoms with Crippen LogP contribution in [0.1, 0.15) is 5.56 Å². The quantitative estimate of drug-likeness (QED) is 0.800. The predicted octanol–water partition coefficient (Wildman–Crippen LogP) is 1.06. The number of ether oxygens (including phenoxy) is 2. The van der Waals surface area contributed by atoms with Crippen LogP contribution >= 0.6 is 11.6 Å². The number of esters is 1. The van der Waals surface area contributed by atoms with Crippen LogP contribution in [0.25, 0.3) is 0 Å². The molecular formula is C11H12ClNO4. The minimum Gasteiger partial charge on any atom is -0.480 e. The Hall–Kier alpha value is -1.75. The number of hydrogen-bond acceptors (Lipinski definition) is 4. The van der Waals surface area contributed by atoms with E-state index in [1.165, 1.54) is 0 Å². The molecule has 0 saturated carbocycles. The Bertz CT molecular complexity index is 433. The Labute approximate surface area is 103 Å². The lowest BCUT2D eigenvalue weighted by Crippen LogP contribution is -2.23. The maximum atomic E-state index is 11.1. The second-order valence-corrected chi connectivity index (χ2v) is 3.76. The second-order valence-electron chi connectivity index (χ2n) is 3.35. The fourth-order valence-electron chi connectivity index (χ4n) is 1.05. The van der Waals surface area contributed by atoms with Gasteiger partial charge >= 0.3 is 5.97 Å². The number of benzene rings is 1. The highest BCUT2D eigenvalue weighted by molar-refractivity contribution is 6.32. The van der Waals surface area contributed by atoms with Crippen LogP contribution in [0, 0.1) is 6.92 Å². The molecule has 0 aromatic heterocycles. The first-order valence-electron chi connectivity index (χ1n) is 4.82. The van der Waals surface area contributed by atoms with Crippen molar-refractivity contribution in [1.82, 2.24) is 0 Å². The Kier molecular flexibility index (Phi) is 4.78. The zero-order chi connectivity index (χ0) is 12.8. The predicted molar refractivity (Wildman–Crippen MR) is 61.8 cm³/mol. The molecule has 0 heterocycles. The Morgan fingerprint density at radius 2 is 2.06 bits per heavy atom. The van der Waals surface area contributed by atoms with Gasteiger partial charge in [0.25, 0.3) is 5.91 Å². The van der Waals surface area contributed by atoms with E-state index >= 15 is 0 Å². The molecule has 1 rings (SSSR count). The van der Waals surface area contributed by atoms with Gasteiger partial charge < -0.3 is 15.2 Å². The number of aryl methyl sites for hydroxylation is 1. The summed E-state index contributed by atoms with van der Waals surface area (Å²) in [6.07, 6.45) is 0.